The number of halogens is 3. The summed E-state index contributed by atoms with van der Waals surface area (Å²) in [4.78, 5) is 13.3. The molecular weight excluding hydrogens is 631 g/mol. The molecule has 0 fully saturated rings. The van der Waals surface area contributed by atoms with Gasteiger partial charge >= 0.3 is 5.97 Å². The maximum absolute atomic E-state index is 13.1. The first-order chi connectivity index (χ1) is 20.7. The van der Waals surface area contributed by atoms with Crippen molar-refractivity contribution in [3.63, 3.8) is 0 Å². The molecule has 0 aliphatic carbocycles. The van der Waals surface area contributed by atoms with Crippen molar-refractivity contribution in [2.45, 2.75) is 38.5 Å². The third-order valence-electron chi connectivity index (χ3n) is 7.01. The number of unbranched alkanes of at least 4 members (excludes halogenated alkanes) is 3. The number of benzene rings is 3. The Kier molecular flexibility index (Phi) is 9.58. The molecule has 5 rings (SSSR count). The van der Waals surface area contributed by atoms with Crippen molar-refractivity contribution >= 4 is 62.2 Å². The number of nitrogens with two attached hydrogens (primary N) is 1. The lowest BCUT2D eigenvalue weighted by molar-refractivity contribution is 0.0740. The van der Waals surface area contributed by atoms with Crippen LogP contribution in [0.25, 0.3) is 10.1 Å². The van der Waals surface area contributed by atoms with Crippen molar-refractivity contribution < 1.29 is 23.7 Å². The zero-order chi connectivity index (χ0) is 30.7. The third-order valence-corrected chi connectivity index (χ3v) is 9.14. The summed E-state index contributed by atoms with van der Waals surface area (Å²) >= 11 is 20.0. The Morgan fingerprint density at radius 2 is 1.88 bits per heavy atom. The molecule has 1 aliphatic rings. The molecule has 3 aromatic carbocycles. The number of thiophene rings is 1. The van der Waals surface area contributed by atoms with E-state index in [2.05, 4.69) is 13.0 Å². The van der Waals surface area contributed by atoms with Crippen LogP contribution in [0.4, 0.5) is 0 Å². The minimum atomic E-state index is -0.665. The molecule has 0 spiro atoms. The Hall–Kier alpha value is -3.61. The number of rotatable bonds is 10. The maximum atomic E-state index is 13.1. The second-order valence-corrected chi connectivity index (χ2v) is 12.1. The number of fused-ring (bicyclic) bond motifs is 2. The largest absolute Gasteiger partial charge is 0.493 e. The molecule has 0 bridgehead atoms. The lowest BCUT2D eigenvalue weighted by atomic mass is 9.83. The van der Waals surface area contributed by atoms with Gasteiger partial charge in [0, 0.05) is 26.7 Å². The Morgan fingerprint density at radius 1 is 1.07 bits per heavy atom. The van der Waals surface area contributed by atoms with Gasteiger partial charge in [-0.1, -0.05) is 73.1 Å². The number of esters is 1. The van der Waals surface area contributed by atoms with E-state index in [-0.39, 0.29) is 27.1 Å². The van der Waals surface area contributed by atoms with Gasteiger partial charge in [-0.3, -0.25) is 0 Å². The average Bonchev–Trinajstić information content (AvgIpc) is 3.32. The third kappa shape index (κ3) is 6.36. The van der Waals surface area contributed by atoms with Gasteiger partial charge in [-0.25, -0.2) is 4.79 Å². The molecule has 2 heterocycles. The van der Waals surface area contributed by atoms with E-state index in [1.807, 2.05) is 18.2 Å². The summed E-state index contributed by atoms with van der Waals surface area (Å²) in [5.41, 5.74) is 7.88. The predicted molar refractivity (Wildman–Crippen MR) is 170 cm³/mol. The monoisotopic (exact) mass is 656 g/mol. The van der Waals surface area contributed by atoms with Gasteiger partial charge in [0.15, 0.2) is 11.5 Å². The van der Waals surface area contributed by atoms with Crippen LogP contribution in [0, 0.1) is 11.3 Å². The number of carbonyl (C=O) groups excluding carboxylic acids is 1. The van der Waals surface area contributed by atoms with Crippen LogP contribution in [0.3, 0.4) is 0 Å². The Labute approximate surface area is 268 Å². The van der Waals surface area contributed by atoms with Gasteiger partial charge in [0.2, 0.25) is 5.88 Å². The van der Waals surface area contributed by atoms with E-state index in [1.165, 1.54) is 0 Å². The fraction of sp³-hybridized carbons (Fsp3) is 0.250. The molecule has 11 heteroatoms. The van der Waals surface area contributed by atoms with E-state index in [0.29, 0.717) is 49.6 Å². The SMILES string of the molecule is CCCCCCOc1ccc(C2C(C#N)=C(N)Oc3cc(OC(=O)c4sc5cc(Cl)cc(Cl)c5c4Cl)ccc32)cc1OC. The molecule has 7 nitrogen and oxygen atoms in total. The lowest BCUT2D eigenvalue weighted by Gasteiger charge is -2.27. The summed E-state index contributed by atoms with van der Waals surface area (Å²) in [5, 5.41) is 11.5. The molecule has 0 saturated heterocycles. The first-order valence-electron chi connectivity index (χ1n) is 13.6. The smallest absolute Gasteiger partial charge is 0.355 e. The Bertz CT molecular complexity index is 1780. The second-order valence-electron chi connectivity index (χ2n) is 9.84. The van der Waals surface area contributed by atoms with Crippen LogP contribution in [-0.4, -0.2) is 19.7 Å². The molecule has 0 saturated carbocycles. The predicted octanol–water partition coefficient (Wildman–Crippen LogP) is 9.27. The molecule has 1 unspecified atom stereocenters. The van der Waals surface area contributed by atoms with Gasteiger partial charge in [-0.05, 0) is 42.3 Å². The fourth-order valence-corrected chi connectivity index (χ4v) is 7.18. The van der Waals surface area contributed by atoms with Crippen molar-refractivity contribution in [1.82, 2.24) is 0 Å². The van der Waals surface area contributed by atoms with E-state index in [4.69, 9.17) is 59.5 Å². The zero-order valence-electron chi connectivity index (χ0n) is 23.3. The van der Waals surface area contributed by atoms with Gasteiger partial charge in [0.05, 0.1) is 29.7 Å². The van der Waals surface area contributed by atoms with Gasteiger partial charge in [0.25, 0.3) is 0 Å². The van der Waals surface area contributed by atoms with Gasteiger partial charge in [-0.2, -0.15) is 5.26 Å². The molecule has 2 N–H and O–H groups in total. The van der Waals surface area contributed by atoms with E-state index < -0.39 is 11.9 Å². The van der Waals surface area contributed by atoms with E-state index >= 15 is 0 Å². The zero-order valence-corrected chi connectivity index (χ0v) is 26.4. The minimum Gasteiger partial charge on any atom is -0.493 e. The molecule has 1 atom stereocenters. The van der Waals surface area contributed by atoms with Crippen molar-refractivity contribution in [3.05, 3.63) is 91.1 Å². The van der Waals surface area contributed by atoms with Crippen LogP contribution in [0.2, 0.25) is 15.1 Å². The van der Waals surface area contributed by atoms with Gasteiger partial charge in [-0.15, -0.1) is 11.3 Å². The lowest BCUT2D eigenvalue weighted by Crippen LogP contribution is -2.21. The quantitative estimate of drug-likeness (QED) is 0.103. The standard InChI is InChI=1S/C32H27Cl3N2O5S/c1-3-4-5-6-11-40-23-10-7-17(12-25(23)39-2)27-20-9-8-19(15-24(20)42-31(37)21(27)16-36)41-32(38)30-29(35)28-22(34)13-18(33)14-26(28)43-30/h7-10,12-15,27H,3-6,11,37H2,1-2H3. The number of ether oxygens (including phenoxy) is 4. The normalized spacial score (nSPS) is 14.2. The summed E-state index contributed by atoms with van der Waals surface area (Å²) in [6.07, 6.45) is 4.37. The van der Waals surface area contributed by atoms with Crippen LogP contribution < -0.4 is 24.7 Å². The van der Waals surface area contributed by atoms with Crippen molar-refractivity contribution in [2.75, 3.05) is 13.7 Å². The van der Waals surface area contributed by atoms with Gasteiger partial charge in [0.1, 0.15) is 28.0 Å². The summed E-state index contributed by atoms with van der Waals surface area (Å²) in [6.45, 7) is 2.75. The van der Waals surface area contributed by atoms with Crippen LogP contribution >= 0.6 is 46.1 Å². The van der Waals surface area contributed by atoms with Crippen molar-refractivity contribution in [1.29, 1.82) is 5.26 Å². The van der Waals surface area contributed by atoms with Crippen LogP contribution in [0.1, 0.15) is 59.3 Å². The molecule has 0 amide bonds. The highest BCUT2D eigenvalue weighted by atomic mass is 35.5. The first-order valence-corrected chi connectivity index (χ1v) is 15.5. The summed E-state index contributed by atoms with van der Waals surface area (Å²) in [6, 6.07) is 15.9. The number of nitriles is 1. The van der Waals surface area contributed by atoms with E-state index in [1.54, 1.807) is 37.4 Å². The average molecular weight is 658 g/mol. The maximum Gasteiger partial charge on any atom is 0.355 e. The van der Waals surface area contributed by atoms with E-state index in [9.17, 15) is 10.1 Å². The van der Waals surface area contributed by atoms with Crippen molar-refractivity contribution in [2.24, 2.45) is 5.73 Å². The highest BCUT2D eigenvalue weighted by molar-refractivity contribution is 7.21. The minimum absolute atomic E-state index is 0.0437. The molecule has 4 aromatic rings. The summed E-state index contributed by atoms with van der Waals surface area (Å²) in [5.74, 6) is 0.465. The number of allylic oxidation sites excluding steroid dienone is 1. The second kappa shape index (κ2) is 13.4. The summed E-state index contributed by atoms with van der Waals surface area (Å²) in [7, 11) is 1.57. The number of methoxy groups -OCH3 is 1. The Balaban J connectivity index is 1.42. The van der Waals surface area contributed by atoms with Crippen molar-refractivity contribution in [3.8, 4) is 29.1 Å². The molecule has 1 aliphatic heterocycles. The Morgan fingerprint density at radius 3 is 2.63 bits per heavy atom. The van der Waals surface area contributed by atoms with Crippen LogP contribution in [0.5, 0.6) is 23.0 Å². The van der Waals surface area contributed by atoms with Crippen LogP contribution in [0.15, 0.2) is 60.0 Å². The fourth-order valence-electron chi connectivity index (χ4n) is 4.93. The number of hydrogen-bond acceptors (Lipinski definition) is 8. The molecular formula is C32H27Cl3N2O5S. The first kappa shape index (κ1) is 30.8. The number of nitrogens with zero attached hydrogens (tertiary/aromatic N) is 1. The number of hydrogen-bond donors (Lipinski definition) is 1. The molecule has 222 valence electrons. The highest BCUT2D eigenvalue weighted by Gasteiger charge is 2.32. The molecule has 43 heavy (non-hydrogen) atoms. The molecule has 0 radical (unpaired) electrons. The highest BCUT2D eigenvalue weighted by Crippen LogP contribution is 2.46. The van der Waals surface area contributed by atoms with E-state index in [0.717, 1.165) is 42.6 Å². The molecule has 1 aromatic heterocycles. The van der Waals surface area contributed by atoms with Gasteiger partial charge < -0.3 is 24.7 Å². The summed E-state index contributed by atoms with van der Waals surface area (Å²) < 4.78 is 23.7. The topological polar surface area (TPSA) is 104 Å². The van der Waals surface area contributed by atoms with Crippen LogP contribution in [-0.2, 0) is 0 Å². The number of carbonyl (C=O) groups is 1.